The van der Waals surface area contributed by atoms with E-state index < -0.39 is 52.8 Å². The third-order valence-electron chi connectivity index (χ3n) is 2.25. The maximum atomic E-state index is 11.5. The molecule has 0 heterocycles. The molecule has 0 bridgehead atoms. The zero-order chi connectivity index (χ0) is 20.2. The van der Waals surface area contributed by atoms with E-state index in [1.165, 1.54) is 0 Å². The van der Waals surface area contributed by atoms with Gasteiger partial charge in [-0.15, -0.1) is 0 Å². The first kappa shape index (κ1) is 29.8. The van der Waals surface area contributed by atoms with Crippen LogP contribution in [0.5, 0.6) is 0 Å². The number of hydrogen-bond acceptors (Lipinski definition) is 9. The van der Waals surface area contributed by atoms with Crippen LogP contribution in [0.3, 0.4) is 0 Å². The summed E-state index contributed by atoms with van der Waals surface area (Å²) in [6.07, 6.45) is -0.235. The van der Waals surface area contributed by atoms with Gasteiger partial charge in [-0.25, -0.2) is 8.42 Å². The monoisotopic (exact) mass is 427 g/mol. The summed E-state index contributed by atoms with van der Waals surface area (Å²) in [7, 11) is -4.92. The Kier molecular flexibility index (Phi) is 17.4. The molecule has 0 aromatic rings. The van der Waals surface area contributed by atoms with Gasteiger partial charge < -0.3 is 31.1 Å². The van der Waals surface area contributed by atoms with E-state index in [0.29, 0.717) is 0 Å². The van der Waals surface area contributed by atoms with Crippen LogP contribution in [0.4, 0.5) is 0 Å². The fraction of sp³-hybridized carbons (Fsp3) is 0.600. The van der Waals surface area contributed by atoms with E-state index in [1.807, 2.05) is 0 Å². The SMILES string of the molecule is N[C@@H](CCC(=O)N[C@@H](CS)C(=O)NCC(=O)O)C(=O)O.O=S(=O)([O-])O.[Na+]. The Morgan fingerprint density at radius 2 is 1.65 bits per heavy atom. The minimum Gasteiger partial charge on any atom is -0.726 e. The Bertz CT molecular complexity index is 578. The summed E-state index contributed by atoms with van der Waals surface area (Å²) in [6.45, 7) is -0.567. The van der Waals surface area contributed by atoms with E-state index >= 15 is 0 Å². The van der Waals surface area contributed by atoms with E-state index in [4.69, 9.17) is 33.5 Å². The smallest absolute Gasteiger partial charge is 0.726 e. The summed E-state index contributed by atoms with van der Waals surface area (Å²) < 4.78 is 32.8. The summed E-state index contributed by atoms with van der Waals surface area (Å²) in [4.78, 5) is 43.7. The zero-order valence-corrected chi connectivity index (χ0v) is 17.3. The molecule has 7 N–H and O–H groups in total. The van der Waals surface area contributed by atoms with Crippen LogP contribution in [0.15, 0.2) is 0 Å². The van der Waals surface area contributed by atoms with Gasteiger partial charge in [-0.2, -0.15) is 12.6 Å². The van der Waals surface area contributed by atoms with Gasteiger partial charge in [-0.05, 0) is 6.42 Å². The second-order valence-electron chi connectivity index (χ2n) is 4.33. The minimum absolute atomic E-state index is 0. The molecule has 13 nitrogen and oxygen atoms in total. The number of carboxylic acids is 2. The van der Waals surface area contributed by atoms with Gasteiger partial charge >= 0.3 is 41.5 Å². The van der Waals surface area contributed by atoms with Crippen molar-refractivity contribution in [3.8, 4) is 0 Å². The number of nitrogens with one attached hydrogen (secondary N) is 2. The van der Waals surface area contributed by atoms with E-state index in [-0.39, 0.29) is 48.2 Å². The van der Waals surface area contributed by atoms with Crippen LogP contribution in [0.1, 0.15) is 12.8 Å². The van der Waals surface area contributed by atoms with Gasteiger partial charge in [0.25, 0.3) is 0 Å². The maximum absolute atomic E-state index is 11.5. The number of amides is 2. The average Bonchev–Trinajstić information content (AvgIpc) is 2.45. The summed E-state index contributed by atoms with van der Waals surface area (Å²) in [5.41, 5.74) is 5.23. The molecule has 0 saturated carbocycles. The van der Waals surface area contributed by atoms with Crippen molar-refractivity contribution >= 4 is 46.8 Å². The fourth-order valence-electron chi connectivity index (χ4n) is 1.16. The first-order valence-electron chi connectivity index (χ1n) is 6.34. The molecule has 0 aliphatic heterocycles. The van der Waals surface area contributed by atoms with Crippen molar-refractivity contribution in [3.05, 3.63) is 0 Å². The van der Waals surface area contributed by atoms with Gasteiger partial charge in [0.1, 0.15) is 18.6 Å². The molecule has 26 heavy (non-hydrogen) atoms. The van der Waals surface area contributed by atoms with Gasteiger partial charge in [0.2, 0.25) is 22.2 Å². The Balaban J connectivity index is -0.000000772. The fourth-order valence-corrected chi connectivity index (χ4v) is 1.41. The van der Waals surface area contributed by atoms with Crippen molar-refractivity contribution in [2.75, 3.05) is 12.3 Å². The van der Waals surface area contributed by atoms with Crippen molar-refractivity contribution in [2.24, 2.45) is 5.73 Å². The summed E-state index contributed by atoms with van der Waals surface area (Å²) >= 11 is 3.87. The van der Waals surface area contributed by atoms with E-state index in [9.17, 15) is 19.2 Å². The third kappa shape index (κ3) is 21.1. The van der Waals surface area contributed by atoms with Crippen molar-refractivity contribution in [1.29, 1.82) is 0 Å². The standard InChI is InChI=1S/C10H17N3O6S.Na.H2O4S/c11-5(10(18)19)1-2-7(14)13-6(4-20)9(17)12-3-8(15)16;;1-5(2,3)4/h5-6,20H,1-4,11H2,(H,12,17)(H,13,14)(H,15,16)(H,18,19);;(H2,1,2,3,4)/q;+1;/p-1/t5-,6-;;/m0../s1. The Morgan fingerprint density at radius 3 is 2.00 bits per heavy atom. The number of carboxylic acid groups (broad SMARTS) is 2. The molecular formula is C10H18N3NaO10S2. The molecular weight excluding hydrogens is 409 g/mol. The first-order valence-corrected chi connectivity index (χ1v) is 8.34. The van der Waals surface area contributed by atoms with Crippen LogP contribution in [0, 0.1) is 0 Å². The van der Waals surface area contributed by atoms with Crippen LogP contribution >= 0.6 is 12.6 Å². The summed E-state index contributed by atoms with van der Waals surface area (Å²) in [5.74, 6) is -3.70. The molecule has 0 fully saturated rings. The van der Waals surface area contributed by atoms with E-state index in [1.54, 1.807) is 0 Å². The molecule has 146 valence electrons. The average molecular weight is 427 g/mol. The second-order valence-corrected chi connectivity index (χ2v) is 5.55. The van der Waals surface area contributed by atoms with Gasteiger partial charge in [-0.3, -0.25) is 23.7 Å². The molecule has 0 aliphatic carbocycles. The van der Waals surface area contributed by atoms with Crippen LogP contribution in [0.25, 0.3) is 0 Å². The van der Waals surface area contributed by atoms with E-state index in [2.05, 4.69) is 23.3 Å². The summed E-state index contributed by atoms with van der Waals surface area (Å²) in [5, 5.41) is 21.4. The van der Waals surface area contributed by atoms with Crippen LogP contribution in [-0.4, -0.2) is 75.9 Å². The molecule has 0 aliphatic rings. The van der Waals surface area contributed by atoms with E-state index in [0.717, 1.165) is 0 Å². The van der Waals surface area contributed by atoms with Crippen molar-refractivity contribution in [1.82, 2.24) is 10.6 Å². The maximum Gasteiger partial charge on any atom is 1.00 e. The molecule has 0 saturated heterocycles. The van der Waals surface area contributed by atoms with Crippen LogP contribution < -0.4 is 45.9 Å². The molecule has 0 aromatic heterocycles. The van der Waals surface area contributed by atoms with Gasteiger partial charge in [-0.1, -0.05) is 0 Å². The minimum atomic E-state index is -4.92. The van der Waals surface area contributed by atoms with Crippen LogP contribution in [0.2, 0.25) is 0 Å². The normalized spacial score (nSPS) is 12.3. The van der Waals surface area contributed by atoms with Crippen molar-refractivity contribution in [2.45, 2.75) is 24.9 Å². The Labute approximate surface area is 176 Å². The molecule has 0 radical (unpaired) electrons. The van der Waals surface area contributed by atoms with Crippen molar-refractivity contribution in [3.63, 3.8) is 0 Å². The van der Waals surface area contributed by atoms with Crippen molar-refractivity contribution < 1.29 is 76.5 Å². The predicted molar refractivity (Wildman–Crippen MR) is 83.6 cm³/mol. The van der Waals surface area contributed by atoms with Gasteiger partial charge in [0, 0.05) is 12.2 Å². The molecule has 0 aromatic carbocycles. The molecule has 2 amide bonds. The largest absolute Gasteiger partial charge is 1.00 e. The number of carbonyl (C=O) groups is 4. The number of hydrogen-bond donors (Lipinski definition) is 7. The molecule has 0 rings (SSSR count). The second kappa shape index (κ2) is 15.2. The zero-order valence-electron chi connectivity index (χ0n) is 13.6. The number of carbonyl (C=O) groups excluding carboxylic acids is 2. The predicted octanol–water partition coefficient (Wildman–Crippen LogP) is -6.20. The third-order valence-corrected chi connectivity index (χ3v) is 2.61. The number of aliphatic carboxylic acids is 2. The van der Waals surface area contributed by atoms with Crippen LogP contribution in [-0.2, 0) is 29.6 Å². The molecule has 0 unspecified atom stereocenters. The Morgan fingerprint density at radius 1 is 1.19 bits per heavy atom. The first-order chi connectivity index (χ1) is 11.3. The number of thiol groups is 1. The molecule has 0 spiro atoms. The topological polar surface area (TPSA) is 236 Å². The number of rotatable bonds is 9. The number of nitrogens with two attached hydrogens (primary N) is 1. The quantitative estimate of drug-likeness (QED) is 0.0790. The van der Waals surface area contributed by atoms with Gasteiger partial charge in [0.05, 0.1) is 0 Å². The molecule has 16 heteroatoms. The Hall–Kier alpha value is -0.940. The summed E-state index contributed by atoms with van der Waals surface area (Å²) in [6, 6.07) is -2.15. The van der Waals surface area contributed by atoms with Gasteiger partial charge in [0.15, 0.2) is 0 Å². The molecule has 2 atom stereocenters.